The summed E-state index contributed by atoms with van der Waals surface area (Å²) < 4.78 is 13.4. The molecular formula is C37H43NO7. The summed E-state index contributed by atoms with van der Waals surface area (Å²) in [6.07, 6.45) is 6.95. The molecule has 5 N–H and O–H groups in total. The lowest BCUT2D eigenvalue weighted by atomic mass is 9.46. The van der Waals surface area contributed by atoms with E-state index in [9.17, 15) is 24.9 Å². The number of hydrogen-bond donors (Lipinski definition) is 4. The SMILES string of the molecule is C[C@]12C=CC(=O)C=C1CC[C@@H]1[C@@H]2[C@@H](O)C[C@@]2(C)[C@H]1C[C@H]1O[C@@H](c3cccc(Cc4ccc(N)c(CCO)c4)c3)O[C@]12C(=O)CO. The number of aliphatic hydroxyl groups excluding tert-OH is 3. The molecule has 0 unspecified atom stereocenters. The second kappa shape index (κ2) is 11.0. The summed E-state index contributed by atoms with van der Waals surface area (Å²) in [5.74, 6) is -0.334. The summed E-state index contributed by atoms with van der Waals surface area (Å²) >= 11 is 0. The number of ketones is 2. The standard InChI is InChI=1S/C37H43NO7/c1-35-12-10-26(41)17-25(35)7-8-27-28-18-32-37(31(43)20-40,36(28,2)19-30(42)33(27)35)45-34(44-32)24-5-3-4-21(16-24)14-22-6-9-29(38)23(15-22)11-13-39/h3-6,9-10,12,15-17,27-28,30,32-34,39-40,42H,7-8,11,13-14,18-20,38H2,1-2H3/t27-,28-,30-,32+,33+,34+,35-,36-,37+/m0/s1. The number of allylic oxidation sites excluding steroid dienone is 4. The normalized spacial score (nSPS) is 38.2. The number of nitrogen functional groups attached to an aromatic ring is 1. The van der Waals surface area contributed by atoms with Gasteiger partial charge in [0, 0.05) is 34.6 Å². The Bertz CT molecular complexity index is 1600. The van der Waals surface area contributed by atoms with Crippen molar-refractivity contribution >= 4 is 17.3 Å². The first-order chi connectivity index (χ1) is 21.5. The number of anilines is 1. The molecule has 8 heteroatoms. The number of hydrogen-bond acceptors (Lipinski definition) is 8. The molecule has 2 aromatic carbocycles. The van der Waals surface area contributed by atoms with Gasteiger partial charge in [-0.15, -0.1) is 0 Å². The van der Waals surface area contributed by atoms with E-state index in [1.807, 2.05) is 55.5 Å². The van der Waals surface area contributed by atoms with Crippen molar-refractivity contribution in [3.8, 4) is 0 Å². The lowest BCUT2D eigenvalue weighted by Gasteiger charge is -2.59. The number of carbonyl (C=O) groups is 2. The second-order valence-corrected chi connectivity index (χ2v) is 14.3. The quantitative estimate of drug-likeness (QED) is 0.344. The number of rotatable bonds is 7. The fraction of sp³-hybridized carbons (Fsp3) is 0.514. The van der Waals surface area contributed by atoms with Crippen LogP contribution in [-0.2, 0) is 31.9 Å². The molecule has 238 valence electrons. The van der Waals surface area contributed by atoms with Crippen molar-refractivity contribution in [3.05, 3.63) is 88.5 Å². The average molecular weight is 614 g/mol. The van der Waals surface area contributed by atoms with E-state index < -0.39 is 47.3 Å². The third-order valence-corrected chi connectivity index (χ3v) is 12.0. The molecular weight excluding hydrogens is 570 g/mol. The van der Waals surface area contributed by atoms with Crippen molar-refractivity contribution in [2.24, 2.45) is 28.6 Å². The highest BCUT2D eigenvalue weighted by Gasteiger charge is 2.75. The molecule has 4 fully saturated rings. The number of nitrogens with two attached hydrogens (primary N) is 1. The summed E-state index contributed by atoms with van der Waals surface area (Å²) in [6.45, 7) is 3.54. The van der Waals surface area contributed by atoms with Crippen LogP contribution in [0.5, 0.6) is 0 Å². The zero-order valence-electron chi connectivity index (χ0n) is 25.9. The minimum Gasteiger partial charge on any atom is -0.399 e. The van der Waals surface area contributed by atoms with Gasteiger partial charge in [-0.3, -0.25) is 9.59 Å². The molecule has 2 aromatic rings. The van der Waals surface area contributed by atoms with E-state index in [1.54, 1.807) is 12.2 Å². The fourth-order valence-corrected chi connectivity index (χ4v) is 10.0. The van der Waals surface area contributed by atoms with Crippen molar-refractivity contribution < 1.29 is 34.4 Å². The third-order valence-electron chi connectivity index (χ3n) is 12.0. The van der Waals surface area contributed by atoms with Crippen molar-refractivity contribution in [1.82, 2.24) is 0 Å². The Morgan fingerprint density at radius 3 is 2.69 bits per heavy atom. The molecule has 45 heavy (non-hydrogen) atoms. The highest BCUT2D eigenvalue weighted by molar-refractivity contribution is 6.01. The zero-order valence-corrected chi connectivity index (χ0v) is 25.9. The Kier molecular flexibility index (Phi) is 7.45. The molecule has 0 bridgehead atoms. The summed E-state index contributed by atoms with van der Waals surface area (Å²) in [6, 6.07) is 13.8. The van der Waals surface area contributed by atoms with Crippen LogP contribution in [0.4, 0.5) is 5.69 Å². The smallest absolute Gasteiger partial charge is 0.193 e. The number of carbonyl (C=O) groups excluding carboxylic acids is 2. The Morgan fingerprint density at radius 2 is 1.91 bits per heavy atom. The van der Waals surface area contributed by atoms with Crippen LogP contribution >= 0.6 is 0 Å². The summed E-state index contributed by atoms with van der Waals surface area (Å²) in [5, 5.41) is 31.6. The van der Waals surface area contributed by atoms with Gasteiger partial charge in [-0.2, -0.15) is 0 Å². The number of fused-ring (bicyclic) bond motifs is 7. The predicted octanol–water partition coefficient (Wildman–Crippen LogP) is 4.00. The zero-order chi connectivity index (χ0) is 31.7. The number of aliphatic hydroxyl groups is 3. The highest BCUT2D eigenvalue weighted by Crippen LogP contribution is 2.70. The first-order valence-electron chi connectivity index (χ1n) is 16.2. The topological polar surface area (TPSA) is 139 Å². The van der Waals surface area contributed by atoms with Crippen LogP contribution in [0.15, 0.2) is 66.3 Å². The van der Waals surface area contributed by atoms with Gasteiger partial charge in [0.1, 0.15) is 6.61 Å². The van der Waals surface area contributed by atoms with Gasteiger partial charge in [0.2, 0.25) is 0 Å². The Morgan fingerprint density at radius 1 is 1.11 bits per heavy atom. The Balaban J connectivity index is 1.18. The van der Waals surface area contributed by atoms with Crippen LogP contribution in [0.1, 0.15) is 68.1 Å². The van der Waals surface area contributed by atoms with Crippen LogP contribution in [0.3, 0.4) is 0 Å². The molecule has 0 spiro atoms. The van der Waals surface area contributed by atoms with E-state index in [0.29, 0.717) is 31.4 Å². The van der Waals surface area contributed by atoms with Gasteiger partial charge >= 0.3 is 0 Å². The Labute approximate surface area is 263 Å². The minimum atomic E-state index is -1.38. The highest BCUT2D eigenvalue weighted by atomic mass is 16.7. The second-order valence-electron chi connectivity index (χ2n) is 14.3. The van der Waals surface area contributed by atoms with E-state index >= 15 is 0 Å². The number of ether oxygens (including phenoxy) is 2. The molecule has 8 nitrogen and oxygen atoms in total. The van der Waals surface area contributed by atoms with E-state index in [-0.39, 0.29) is 30.1 Å². The maximum absolute atomic E-state index is 13.8. The van der Waals surface area contributed by atoms with Crippen LogP contribution in [0.2, 0.25) is 0 Å². The lowest BCUT2D eigenvalue weighted by Crippen LogP contribution is -2.63. The van der Waals surface area contributed by atoms with Gasteiger partial charge in [0.25, 0.3) is 0 Å². The molecule has 0 aromatic heterocycles. The fourth-order valence-electron chi connectivity index (χ4n) is 10.0. The van der Waals surface area contributed by atoms with Crippen molar-refractivity contribution in [2.75, 3.05) is 18.9 Å². The van der Waals surface area contributed by atoms with E-state index in [0.717, 1.165) is 40.7 Å². The first kappa shape index (κ1) is 30.5. The van der Waals surface area contributed by atoms with Crippen LogP contribution in [0.25, 0.3) is 0 Å². The summed E-state index contributed by atoms with van der Waals surface area (Å²) in [4.78, 5) is 26.0. The van der Waals surface area contributed by atoms with Crippen LogP contribution in [-0.4, -0.2) is 57.9 Å². The molecule has 9 atom stereocenters. The number of Topliss-reactive ketones (excluding diaryl/α,β-unsaturated/α-hetero) is 1. The molecule has 0 radical (unpaired) electrons. The molecule has 1 aliphatic heterocycles. The van der Waals surface area contributed by atoms with E-state index in [2.05, 4.69) is 6.92 Å². The summed E-state index contributed by atoms with van der Waals surface area (Å²) in [7, 11) is 0. The van der Waals surface area contributed by atoms with E-state index in [1.165, 1.54) is 0 Å². The van der Waals surface area contributed by atoms with Gasteiger partial charge in [-0.25, -0.2) is 0 Å². The lowest BCUT2D eigenvalue weighted by molar-refractivity contribution is -0.201. The van der Waals surface area contributed by atoms with Gasteiger partial charge in [-0.05, 0) is 85.3 Å². The predicted molar refractivity (Wildman–Crippen MR) is 168 cm³/mol. The minimum absolute atomic E-state index is 0.00391. The first-order valence-corrected chi connectivity index (χ1v) is 16.2. The molecule has 7 rings (SSSR count). The molecule has 4 aliphatic carbocycles. The van der Waals surface area contributed by atoms with Gasteiger partial charge < -0.3 is 30.5 Å². The van der Waals surface area contributed by atoms with Gasteiger partial charge in [-0.1, -0.05) is 61.9 Å². The van der Waals surface area contributed by atoms with Crippen LogP contribution < -0.4 is 5.73 Å². The maximum Gasteiger partial charge on any atom is 0.193 e. The molecule has 1 heterocycles. The third kappa shape index (κ3) is 4.52. The van der Waals surface area contributed by atoms with Crippen LogP contribution in [0, 0.1) is 28.6 Å². The maximum atomic E-state index is 13.8. The molecule has 5 aliphatic rings. The largest absolute Gasteiger partial charge is 0.399 e. The monoisotopic (exact) mass is 613 g/mol. The average Bonchev–Trinajstić information content (AvgIpc) is 3.52. The van der Waals surface area contributed by atoms with Crippen molar-refractivity contribution in [1.29, 1.82) is 0 Å². The van der Waals surface area contributed by atoms with Crippen molar-refractivity contribution in [3.63, 3.8) is 0 Å². The van der Waals surface area contributed by atoms with Gasteiger partial charge in [0.15, 0.2) is 23.5 Å². The Hall–Kier alpha value is -3.14. The number of benzene rings is 2. The van der Waals surface area contributed by atoms with Crippen molar-refractivity contribution in [2.45, 2.75) is 76.5 Å². The molecule has 0 amide bonds. The van der Waals surface area contributed by atoms with Gasteiger partial charge in [0.05, 0.1) is 12.2 Å². The summed E-state index contributed by atoms with van der Waals surface area (Å²) in [5.41, 5.74) is 9.10. The molecule has 1 saturated heterocycles. The molecule has 3 saturated carbocycles. The van der Waals surface area contributed by atoms with E-state index in [4.69, 9.17) is 15.2 Å².